The standard InChI is InChI=1S/C9H13NOS/c10-4-3-7-5-8-1-2-9(6-7)12(8)11/h7-9H,1-3,5-6H2. The Kier molecular flexibility index (Phi) is 2.18. The van der Waals surface area contributed by atoms with Gasteiger partial charge in [0.25, 0.3) is 0 Å². The largest absolute Gasteiger partial charge is 0.259 e. The molecule has 2 heterocycles. The topological polar surface area (TPSA) is 40.9 Å². The zero-order valence-electron chi connectivity index (χ0n) is 7.03. The van der Waals surface area contributed by atoms with Crippen LogP contribution in [0.5, 0.6) is 0 Å². The maximum absolute atomic E-state index is 11.6. The van der Waals surface area contributed by atoms with Crippen LogP contribution >= 0.6 is 0 Å². The third-order valence-electron chi connectivity index (χ3n) is 3.04. The first kappa shape index (κ1) is 8.25. The molecule has 12 heavy (non-hydrogen) atoms. The quantitative estimate of drug-likeness (QED) is 0.619. The highest BCUT2D eigenvalue weighted by molar-refractivity contribution is 7.86. The molecule has 2 rings (SSSR count). The Hall–Kier alpha value is -0.360. The van der Waals surface area contributed by atoms with Crippen molar-refractivity contribution >= 4 is 10.8 Å². The molecule has 0 aromatic rings. The van der Waals surface area contributed by atoms with Gasteiger partial charge in [0.2, 0.25) is 0 Å². The Morgan fingerprint density at radius 3 is 2.42 bits per heavy atom. The van der Waals surface area contributed by atoms with Crippen LogP contribution in [0.15, 0.2) is 0 Å². The van der Waals surface area contributed by atoms with Gasteiger partial charge in [-0.1, -0.05) is 0 Å². The van der Waals surface area contributed by atoms with E-state index in [9.17, 15) is 4.21 Å². The first-order chi connectivity index (χ1) is 5.81. The Morgan fingerprint density at radius 1 is 1.33 bits per heavy atom. The lowest BCUT2D eigenvalue weighted by atomic mass is 9.97. The molecule has 0 aliphatic carbocycles. The molecule has 3 heteroatoms. The molecule has 0 aromatic carbocycles. The Labute approximate surface area is 75.4 Å². The monoisotopic (exact) mass is 183 g/mol. The van der Waals surface area contributed by atoms with Gasteiger partial charge in [0.1, 0.15) is 0 Å². The number of rotatable bonds is 1. The Morgan fingerprint density at radius 2 is 1.92 bits per heavy atom. The van der Waals surface area contributed by atoms with E-state index in [0.29, 0.717) is 22.8 Å². The van der Waals surface area contributed by atoms with Crippen LogP contribution in [-0.4, -0.2) is 14.7 Å². The molecule has 0 amide bonds. The third kappa shape index (κ3) is 1.29. The summed E-state index contributed by atoms with van der Waals surface area (Å²) in [5.74, 6) is 0.546. The average molecular weight is 183 g/mol. The summed E-state index contributed by atoms with van der Waals surface area (Å²) in [6.45, 7) is 0. The molecule has 0 radical (unpaired) electrons. The summed E-state index contributed by atoms with van der Waals surface area (Å²) in [6.07, 6.45) is 5.02. The van der Waals surface area contributed by atoms with E-state index in [1.54, 1.807) is 0 Å². The fraction of sp³-hybridized carbons (Fsp3) is 0.889. The van der Waals surface area contributed by atoms with Crippen LogP contribution in [0.4, 0.5) is 0 Å². The lowest BCUT2D eigenvalue weighted by molar-refractivity contribution is 0.451. The molecule has 66 valence electrons. The van der Waals surface area contributed by atoms with Gasteiger partial charge < -0.3 is 0 Å². The molecule has 0 saturated carbocycles. The van der Waals surface area contributed by atoms with Crippen molar-refractivity contribution in [2.75, 3.05) is 0 Å². The zero-order valence-corrected chi connectivity index (χ0v) is 7.85. The van der Waals surface area contributed by atoms with Gasteiger partial charge in [0, 0.05) is 27.7 Å². The van der Waals surface area contributed by atoms with Crippen LogP contribution in [0.2, 0.25) is 0 Å². The summed E-state index contributed by atoms with van der Waals surface area (Å²) in [5, 5.41) is 9.42. The normalized spacial score (nSPS) is 45.6. The minimum atomic E-state index is -0.552. The average Bonchev–Trinajstić information content (AvgIpc) is 2.33. The SMILES string of the molecule is N#CCC1CC2CCC(C1)S2=O. The van der Waals surface area contributed by atoms with Crippen molar-refractivity contribution in [2.45, 2.75) is 42.6 Å². The third-order valence-corrected chi connectivity index (χ3v) is 5.21. The van der Waals surface area contributed by atoms with E-state index < -0.39 is 10.8 Å². The minimum absolute atomic E-state index is 0.432. The smallest absolute Gasteiger partial charge is 0.0624 e. The van der Waals surface area contributed by atoms with E-state index in [0.717, 1.165) is 25.7 Å². The fourth-order valence-electron chi connectivity index (χ4n) is 2.44. The van der Waals surface area contributed by atoms with Crippen LogP contribution in [0.1, 0.15) is 32.1 Å². The number of fused-ring (bicyclic) bond motifs is 2. The van der Waals surface area contributed by atoms with E-state index in [1.165, 1.54) is 0 Å². The van der Waals surface area contributed by atoms with Crippen LogP contribution in [-0.2, 0) is 10.8 Å². The van der Waals surface area contributed by atoms with E-state index in [-0.39, 0.29) is 0 Å². The predicted molar refractivity (Wildman–Crippen MR) is 47.9 cm³/mol. The molecule has 0 aromatic heterocycles. The number of nitriles is 1. The molecule has 2 nitrogen and oxygen atoms in total. The number of hydrogen-bond acceptors (Lipinski definition) is 2. The van der Waals surface area contributed by atoms with E-state index in [2.05, 4.69) is 6.07 Å². The Balaban J connectivity index is 2.03. The summed E-state index contributed by atoms with van der Waals surface area (Å²) in [5.41, 5.74) is 0. The van der Waals surface area contributed by atoms with Crippen molar-refractivity contribution in [3.63, 3.8) is 0 Å². The summed E-state index contributed by atoms with van der Waals surface area (Å²) in [7, 11) is -0.552. The zero-order chi connectivity index (χ0) is 8.55. The number of nitrogens with zero attached hydrogens (tertiary/aromatic N) is 1. The van der Waals surface area contributed by atoms with Gasteiger partial charge in [-0.2, -0.15) is 5.26 Å². The molecule has 2 saturated heterocycles. The first-order valence-corrected chi connectivity index (χ1v) is 5.85. The highest BCUT2D eigenvalue weighted by Crippen LogP contribution is 2.39. The molecular formula is C9H13NOS. The summed E-state index contributed by atoms with van der Waals surface area (Å²) in [4.78, 5) is 0. The van der Waals surface area contributed by atoms with Crippen molar-refractivity contribution in [1.82, 2.24) is 0 Å². The highest BCUT2D eigenvalue weighted by atomic mass is 32.2. The van der Waals surface area contributed by atoms with Crippen LogP contribution in [0, 0.1) is 17.2 Å². The summed E-state index contributed by atoms with van der Waals surface area (Å²) < 4.78 is 11.6. The van der Waals surface area contributed by atoms with Crippen molar-refractivity contribution < 1.29 is 4.21 Å². The summed E-state index contributed by atoms with van der Waals surface area (Å²) >= 11 is 0. The van der Waals surface area contributed by atoms with E-state index in [4.69, 9.17) is 5.26 Å². The molecule has 2 fully saturated rings. The maximum Gasteiger partial charge on any atom is 0.0624 e. The van der Waals surface area contributed by atoms with Gasteiger partial charge >= 0.3 is 0 Å². The minimum Gasteiger partial charge on any atom is -0.259 e. The van der Waals surface area contributed by atoms with Crippen LogP contribution in [0.3, 0.4) is 0 Å². The van der Waals surface area contributed by atoms with Crippen molar-refractivity contribution in [2.24, 2.45) is 5.92 Å². The molecular weight excluding hydrogens is 170 g/mol. The van der Waals surface area contributed by atoms with Gasteiger partial charge in [0.05, 0.1) is 6.07 Å². The van der Waals surface area contributed by atoms with Gasteiger partial charge in [-0.25, -0.2) is 0 Å². The first-order valence-electron chi connectivity index (χ1n) is 4.57. The molecule has 0 spiro atoms. The Bertz CT molecular complexity index is 229. The van der Waals surface area contributed by atoms with E-state index in [1.807, 2.05) is 0 Å². The number of hydrogen-bond donors (Lipinski definition) is 0. The molecule has 2 aliphatic rings. The highest BCUT2D eigenvalue weighted by Gasteiger charge is 2.40. The van der Waals surface area contributed by atoms with Crippen molar-refractivity contribution in [3.8, 4) is 6.07 Å². The molecule has 2 aliphatic heterocycles. The second-order valence-electron chi connectivity index (χ2n) is 3.85. The van der Waals surface area contributed by atoms with Crippen LogP contribution in [0.25, 0.3) is 0 Å². The van der Waals surface area contributed by atoms with Crippen molar-refractivity contribution in [1.29, 1.82) is 5.26 Å². The molecule has 2 atom stereocenters. The predicted octanol–water partition coefficient (Wildman–Crippen LogP) is 1.59. The fourth-order valence-corrected chi connectivity index (χ4v) is 4.64. The van der Waals surface area contributed by atoms with E-state index >= 15 is 0 Å². The maximum atomic E-state index is 11.6. The lowest BCUT2D eigenvalue weighted by Crippen LogP contribution is -2.27. The molecule has 0 N–H and O–H groups in total. The second-order valence-corrected chi connectivity index (χ2v) is 5.84. The molecule has 2 unspecified atom stereocenters. The second kappa shape index (κ2) is 3.18. The van der Waals surface area contributed by atoms with Crippen molar-refractivity contribution in [3.05, 3.63) is 0 Å². The lowest BCUT2D eigenvalue weighted by Gasteiger charge is -2.25. The summed E-state index contributed by atoms with van der Waals surface area (Å²) in [6, 6.07) is 2.22. The van der Waals surface area contributed by atoms with Crippen LogP contribution < -0.4 is 0 Å². The van der Waals surface area contributed by atoms with Gasteiger partial charge in [-0.05, 0) is 31.6 Å². The van der Waals surface area contributed by atoms with Gasteiger partial charge in [-0.15, -0.1) is 0 Å². The van der Waals surface area contributed by atoms with Gasteiger partial charge in [0.15, 0.2) is 0 Å². The molecule has 2 bridgehead atoms. The van der Waals surface area contributed by atoms with Gasteiger partial charge in [-0.3, -0.25) is 4.21 Å².